The summed E-state index contributed by atoms with van der Waals surface area (Å²) in [7, 11) is 0. The molecule has 0 aromatic carbocycles. The van der Waals surface area contributed by atoms with Gasteiger partial charge in [-0.1, -0.05) is 6.42 Å². The van der Waals surface area contributed by atoms with E-state index in [0.29, 0.717) is 18.7 Å². The van der Waals surface area contributed by atoms with Crippen LogP contribution in [0.5, 0.6) is 0 Å². The van der Waals surface area contributed by atoms with Gasteiger partial charge in [0.1, 0.15) is 5.82 Å². The average molecular weight is 275 g/mol. The largest absolute Gasteiger partial charge is 0.391 e. The summed E-state index contributed by atoms with van der Waals surface area (Å²) in [6.45, 7) is 1.76. The molecular weight excluding hydrogens is 259 g/mol. The average Bonchev–Trinajstić information content (AvgIpc) is 2.74. The molecular formula is C12H16F3N3O. The molecule has 1 aliphatic rings. The summed E-state index contributed by atoms with van der Waals surface area (Å²) in [5.41, 5.74) is 0.761. The zero-order valence-electron chi connectivity index (χ0n) is 10.5. The van der Waals surface area contributed by atoms with Crippen LogP contribution < -0.4 is 5.32 Å². The first-order valence-electron chi connectivity index (χ1n) is 6.25. The molecule has 0 radical (unpaired) electrons. The third kappa shape index (κ3) is 3.27. The van der Waals surface area contributed by atoms with E-state index in [-0.39, 0.29) is 18.7 Å². The zero-order chi connectivity index (χ0) is 14.0. The standard InChI is InChI=1S/C12H16F3N3O/c1-7-6-16-18-10(7)17-11(19)8-3-2-4-9(5-8)12(13,14)15/h6,8-9H,2-5H2,1H3,(H2,16,17,18,19). The third-order valence-electron chi connectivity index (χ3n) is 3.58. The Morgan fingerprint density at radius 2 is 2.21 bits per heavy atom. The van der Waals surface area contributed by atoms with Crippen molar-refractivity contribution in [1.29, 1.82) is 0 Å². The van der Waals surface area contributed by atoms with Crippen LogP contribution in [0.2, 0.25) is 0 Å². The Kier molecular flexibility index (Phi) is 3.82. The summed E-state index contributed by atoms with van der Waals surface area (Å²) < 4.78 is 38.0. The lowest BCUT2D eigenvalue weighted by Gasteiger charge is -2.29. The van der Waals surface area contributed by atoms with Crippen LogP contribution in [0.3, 0.4) is 0 Å². The van der Waals surface area contributed by atoms with Crippen molar-refractivity contribution in [3.05, 3.63) is 11.8 Å². The molecule has 1 aliphatic carbocycles. The summed E-state index contributed by atoms with van der Waals surface area (Å²) in [5.74, 6) is -1.84. The molecule has 2 atom stereocenters. The summed E-state index contributed by atoms with van der Waals surface area (Å²) in [6, 6.07) is 0. The van der Waals surface area contributed by atoms with Gasteiger partial charge in [0.15, 0.2) is 0 Å². The Morgan fingerprint density at radius 1 is 1.47 bits per heavy atom. The van der Waals surface area contributed by atoms with Gasteiger partial charge in [-0.3, -0.25) is 9.89 Å². The van der Waals surface area contributed by atoms with Crippen molar-refractivity contribution in [3.8, 4) is 0 Å². The second kappa shape index (κ2) is 5.22. The van der Waals surface area contributed by atoms with E-state index < -0.39 is 18.0 Å². The van der Waals surface area contributed by atoms with E-state index in [0.717, 1.165) is 5.56 Å². The van der Waals surface area contributed by atoms with Gasteiger partial charge in [0, 0.05) is 11.5 Å². The minimum Gasteiger partial charge on any atom is -0.311 e. The van der Waals surface area contributed by atoms with Gasteiger partial charge in [-0.2, -0.15) is 18.3 Å². The van der Waals surface area contributed by atoms with E-state index in [1.807, 2.05) is 0 Å². The van der Waals surface area contributed by atoms with Gasteiger partial charge in [-0.25, -0.2) is 0 Å². The molecule has 2 unspecified atom stereocenters. The molecule has 1 fully saturated rings. The van der Waals surface area contributed by atoms with Crippen LogP contribution in [0.1, 0.15) is 31.2 Å². The molecule has 1 saturated carbocycles. The number of carbonyl (C=O) groups is 1. The number of amides is 1. The monoisotopic (exact) mass is 275 g/mol. The van der Waals surface area contributed by atoms with E-state index in [9.17, 15) is 18.0 Å². The summed E-state index contributed by atoms with van der Waals surface area (Å²) >= 11 is 0. The molecule has 106 valence electrons. The number of alkyl halides is 3. The Morgan fingerprint density at radius 3 is 2.79 bits per heavy atom. The maximum absolute atomic E-state index is 12.7. The van der Waals surface area contributed by atoms with Crippen molar-refractivity contribution in [2.45, 2.75) is 38.8 Å². The maximum Gasteiger partial charge on any atom is 0.391 e. The fraction of sp³-hybridized carbons (Fsp3) is 0.667. The summed E-state index contributed by atoms with van der Waals surface area (Å²) in [5, 5.41) is 8.97. The second-order valence-electron chi connectivity index (χ2n) is 5.02. The molecule has 2 N–H and O–H groups in total. The van der Waals surface area contributed by atoms with Crippen molar-refractivity contribution < 1.29 is 18.0 Å². The van der Waals surface area contributed by atoms with Crippen LogP contribution in [0.15, 0.2) is 6.20 Å². The van der Waals surface area contributed by atoms with Crippen LogP contribution in [0.4, 0.5) is 19.0 Å². The van der Waals surface area contributed by atoms with E-state index in [1.165, 1.54) is 0 Å². The molecule has 1 amide bonds. The Hall–Kier alpha value is -1.53. The van der Waals surface area contributed by atoms with Crippen LogP contribution >= 0.6 is 0 Å². The van der Waals surface area contributed by atoms with E-state index in [1.54, 1.807) is 13.1 Å². The Balaban J connectivity index is 1.98. The van der Waals surface area contributed by atoms with Crippen molar-refractivity contribution in [2.75, 3.05) is 5.32 Å². The van der Waals surface area contributed by atoms with Crippen molar-refractivity contribution in [2.24, 2.45) is 11.8 Å². The molecule has 7 heteroatoms. The predicted molar refractivity (Wildman–Crippen MR) is 63.5 cm³/mol. The normalized spacial score (nSPS) is 24.2. The molecule has 4 nitrogen and oxygen atoms in total. The minimum atomic E-state index is -4.21. The van der Waals surface area contributed by atoms with Gasteiger partial charge in [0.25, 0.3) is 0 Å². The molecule has 0 spiro atoms. The van der Waals surface area contributed by atoms with Gasteiger partial charge < -0.3 is 5.32 Å². The first-order chi connectivity index (χ1) is 8.88. The smallest absolute Gasteiger partial charge is 0.311 e. The number of aromatic nitrogens is 2. The number of hydrogen-bond donors (Lipinski definition) is 2. The molecule has 2 rings (SSSR count). The van der Waals surface area contributed by atoms with Gasteiger partial charge in [-0.15, -0.1) is 0 Å². The Labute approximate surface area is 108 Å². The SMILES string of the molecule is Cc1cn[nH]c1NC(=O)C1CCCC(C(F)(F)F)C1. The van der Waals surface area contributed by atoms with E-state index in [4.69, 9.17) is 0 Å². The lowest BCUT2D eigenvalue weighted by molar-refractivity contribution is -0.185. The lowest BCUT2D eigenvalue weighted by atomic mass is 9.80. The molecule has 1 heterocycles. The van der Waals surface area contributed by atoms with Gasteiger partial charge in [0.2, 0.25) is 5.91 Å². The fourth-order valence-corrected chi connectivity index (χ4v) is 2.42. The highest BCUT2D eigenvalue weighted by molar-refractivity contribution is 5.92. The minimum absolute atomic E-state index is 0.121. The first-order valence-corrected chi connectivity index (χ1v) is 6.25. The number of anilines is 1. The molecule has 0 saturated heterocycles. The molecule has 0 aliphatic heterocycles. The number of carbonyl (C=O) groups excluding carboxylic acids is 1. The number of nitrogens with one attached hydrogen (secondary N) is 2. The number of rotatable bonds is 2. The Bertz CT molecular complexity index is 455. The van der Waals surface area contributed by atoms with Gasteiger partial charge >= 0.3 is 6.18 Å². The lowest BCUT2D eigenvalue weighted by Crippen LogP contribution is -2.34. The second-order valence-corrected chi connectivity index (χ2v) is 5.02. The van der Waals surface area contributed by atoms with Gasteiger partial charge in [0.05, 0.1) is 12.1 Å². The number of nitrogens with zero attached hydrogens (tertiary/aromatic N) is 1. The molecule has 0 bridgehead atoms. The number of halogens is 3. The highest BCUT2D eigenvalue weighted by atomic mass is 19.4. The van der Waals surface area contributed by atoms with Crippen LogP contribution in [-0.2, 0) is 4.79 Å². The van der Waals surface area contributed by atoms with Crippen LogP contribution in [0.25, 0.3) is 0 Å². The fourth-order valence-electron chi connectivity index (χ4n) is 2.42. The number of aromatic amines is 1. The summed E-state index contributed by atoms with van der Waals surface area (Å²) in [6.07, 6.45) is -1.72. The number of aryl methyl sites for hydroxylation is 1. The van der Waals surface area contributed by atoms with Crippen LogP contribution in [-0.4, -0.2) is 22.3 Å². The topological polar surface area (TPSA) is 57.8 Å². The number of hydrogen-bond acceptors (Lipinski definition) is 2. The van der Waals surface area contributed by atoms with E-state index in [2.05, 4.69) is 15.5 Å². The summed E-state index contributed by atoms with van der Waals surface area (Å²) in [4.78, 5) is 12.0. The highest BCUT2D eigenvalue weighted by Gasteiger charge is 2.43. The maximum atomic E-state index is 12.7. The van der Waals surface area contributed by atoms with Crippen molar-refractivity contribution in [1.82, 2.24) is 10.2 Å². The number of H-pyrrole nitrogens is 1. The molecule has 1 aromatic heterocycles. The van der Waals surface area contributed by atoms with Crippen LogP contribution in [0, 0.1) is 18.8 Å². The highest BCUT2D eigenvalue weighted by Crippen LogP contribution is 2.40. The first kappa shape index (κ1) is 13.9. The predicted octanol–water partition coefficient (Wildman–Crippen LogP) is 3.03. The molecule has 1 aromatic rings. The van der Waals surface area contributed by atoms with Crippen molar-refractivity contribution in [3.63, 3.8) is 0 Å². The van der Waals surface area contributed by atoms with Gasteiger partial charge in [-0.05, 0) is 26.2 Å². The zero-order valence-corrected chi connectivity index (χ0v) is 10.5. The third-order valence-corrected chi connectivity index (χ3v) is 3.58. The van der Waals surface area contributed by atoms with Crippen molar-refractivity contribution >= 4 is 11.7 Å². The quantitative estimate of drug-likeness (QED) is 0.871. The molecule has 19 heavy (non-hydrogen) atoms. The van der Waals surface area contributed by atoms with E-state index >= 15 is 0 Å².